The lowest BCUT2D eigenvalue weighted by Crippen LogP contribution is -2.37. The van der Waals surface area contributed by atoms with Crippen LogP contribution in [0.1, 0.15) is 32.8 Å². The summed E-state index contributed by atoms with van der Waals surface area (Å²) >= 11 is 0. The van der Waals surface area contributed by atoms with Gasteiger partial charge in [-0.05, 0) is 24.1 Å². The van der Waals surface area contributed by atoms with Crippen molar-refractivity contribution in [3.05, 3.63) is 35.4 Å². The number of halogens is 2. The van der Waals surface area contributed by atoms with Gasteiger partial charge in [0.15, 0.2) is 11.6 Å². The predicted octanol–water partition coefficient (Wildman–Crippen LogP) is 3.36. The van der Waals surface area contributed by atoms with Crippen LogP contribution in [0.5, 0.6) is 0 Å². The first kappa shape index (κ1) is 14.6. The monoisotopic (exact) mass is 255 g/mol. The molecule has 0 spiro atoms. The van der Waals surface area contributed by atoms with Crippen LogP contribution in [0, 0.1) is 17.0 Å². The standard InChI is InChI=1S/C14H19F2NO/c1-5-14(2,3)13(18)17(4)9-10-6-7-11(15)12(16)8-10/h6-8H,5,9H2,1-4H3. The van der Waals surface area contributed by atoms with Gasteiger partial charge in [0.25, 0.3) is 0 Å². The van der Waals surface area contributed by atoms with E-state index in [1.165, 1.54) is 11.0 Å². The number of amides is 1. The van der Waals surface area contributed by atoms with Crippen LogP contribution in [-0.4, -0.2) is 17.9 Å². The Kier molecular flexibility index (Phi) is 4.43. The molecule has 0 unspecified atom stereocenters. The van der Waals surface area contributed by atoms with Gasteiger partial charge in [0.05, 0.1) is 0 Å². The van der Waals surface area contributed by atoms with Crippen molar-refractivity contribution in [3.63, 3.8) is 0 Å². The maximum Gasteiger partial charge on any atom is 0.228 e. The van der Waals surface area contributed by atoms with E-state index in [1.54, 1.807) is 7.05 Å². The first-order valence-corrected chi connectivity index (χ1v) is 5.97. The molecule has 0 atom stereocenters. The Bertz CT molecular complexity index is 443. The quantitative estimate of drug-likeness (QED) is 0.808. The molecule has 2 nitrogen and oxygen atoms in total. The van der Waals surface area contributed by atoms with Gasteiger partial charge in [-0.2, -0.15) is 0 Å². The van der Waals surface area contributed by atoms with Crippen molar-refractivity contribution < 1.29 is 13.6 Å². The molecule has 0 saturated heterocycles. The summed E-state index contributed by atoms with van der Waals surface area (Å²) in [6, 6.07) is 3.69. The highest BCUT2D eigenvalue weighted by molar-refractivity contribution is 5.81. The van der Waals surface area contributed by atoms with Gasteiger partial charge in [-0.3, -0.25) is 4.79 Å². The first-order valence-electron chi connectivity index (χ1n) is 5.97. The second kappa shape index (κ2) is 5.46. The third-order valence-corrected chi connectivity index (χ3v) is 3.21. The molecule has 1 aromatic rings. The third kappa shape index (κ3) is 3.28. The van der Waals surface area contributed by atoms with Gasteiger partial charge >= 0.3 is 0 Å². The molecule has 4 heteroatoms. The summed E-state index contributed by atoms with van der Waals surface area (Å²) in [4.78, 5) is 13.6. The largest absolute Gasteiger partial charge is 0.341 e. The Morgan fingerprint density at radius 3 is 2.39 bits per heavy atom. The van der Waals surface area contributed by atoms with Crippen LogP contribution < -0.4 is 0 Å². The van der Waals surface area contributed by atoms with Gasteiger partial charge in [-0.15, -0.1) is 0 Å². The zero-order chi connectivity index (χ0) is 13.9. The maximum absolute atomic E-state index is 13.1. The zero-order valence-corrected chi connectivity index (χ0v) is 11.3. The normalized spacial score (nSPS) is 11.4. The number of hydrogen-bond acceptors (Lipinski definition) is 1. The molecule has 1 amide bonds. The van der Waals surface area contributed by atoms with E-state index in [-0.39, 0.29) is 12.5 Å². The molecular formula is C14H19F2NO. The topological polar surface area (TPSA) is 20.3 Å². The minimum atomic E-state index is -0.886. The fourth-order valence-corrected chi connectivity index (χ4v) is 1.65. The lowest BCUT2D eigenvalue weighted by Gasteiger charge is -2.28. The summed E-state index contributed by atoms with van der Waals surface area (Å²) in [5.41, 5.74) is 0.143. The van der Waals surface area contributed by atoms with E-state index in [4.69, 9.17) is 0 Å². The molecular weight excluding hydrogens is 236 g/mol. The number of carbonyl (C=O) groups excluding carboxylic acids is 1. The van der Waals surface area contributed by atoms with Gasteiger partial charge in [0.2, 0.25) is 5.91 Å². The molecule has 0 saturated carbocycles. The lowest BCUT2D eigenvalue weighted by atomic mass is 9.88. The van der Waals surface area contributed by atoms with E-state index in [2.05, 4.69) is 0 Å². The van der Waals surface area contributed by atoms with Crippen LogP contribution in [0.4, 0.5) is 8.78 Å². The van der Waals surface area contributed by atoms with Crippen LogP contribution in [0.15, 0.2) is 18.2 Å². The zero-order valence-electron chi connectivity index (χ0n) is 11.3. The van der Waals surface area contributed by atoms with Crippen LogP contribution in [-0.2, 0) is 11.3 Å². The van der Waals surface area contributed by atoms with Crippen LogP contribution in [0.25, 0.3) is 0 Å². The second-order valence-electron chi connectivity index (χ2n) is 5.15. The SMILES string of the molecule is CCC(C)(C)C(=O)N(C)Cc1ccc(F)c(F)c1. The van der Waals surface area contributed by atoms with Crippen LogP contribution in [0.2, 0.25) is 0 Å². The minimum Gasteiger partial charge on any atom is -0.341 e. The Hall–Kier alpha value is -1.45. The molecule has 0 bridgehead atoms. The number of benzene rings is 1. The van der Waals surface area contributed by atoms with Gasteiger partial charge < -0.3 is 4.90 Å². The van der Waals surface area contributed by atoms with Crippen LogP contribution >= 0.6 is 0 Å². The highest BCUT2D eigenvalue weighted by Crippen LogP contribution is 2.23. The van der Waals surface area contributed by atoms with E-state index >= 15 is 0 Å². The molecule has 100 valence electrons. The average Bonchev–Trinajstić information content (AvgIpc) is 2.32. The number of carbonyl (C=O) groups is 1. The molecule has 0 aromatic heterocycles. The average molecular weight is 255 g/mol. The maximum atomic E-state index is 13.1. The molecule has 0 N–H and O–H groups in total. The molecule has 0 radical (unpaired) electrons. The highest BCUT2D eigenvalue weighted by Gasteiger charge is 2.28. The van der Waals surface area contributed by atoms with Gasteiger partial charge in [0, 0.05) is 19.0 Å². The molecule has 0 aliphatic rings. The van der Waals surface area contributed by atoms with Crippen molar-refractivity contribution in [3.8, 4) is 0 Å². The molecule has 1 rings (SSSR count). The smallest absolute Gasteiger partial charge is 0.228 e. The fourth-order valence-electron chi connectivity index (χ4n) is 1.65. The lowest BCUT2D eigenvalue weighted by molar-refractivity contribution is -0.139. The molecule has 18 heavy (non-hydrogen) atoms. The van der Waals surface area contributed by atoms with Crippen molar-refractivity contribution in [2.45, 2.75) is 33.7 Å². The van der Waals surface area contributed by atoms with Gasteiger partial charge in [-0.25, -0.2) is 8.78 Å². The summed E-state index contributed by atoms with van der Waals surface area (Å²) < 4.78 is 25.8. The second-order valence-corrected chi connectivity index (χ2v) is 5.15. The molecule has 0 heterocycles. The number of hydrogen-bond donors (Lipinski definition) is 0. The van der Waals surface area contributed by atoms with E-state index in [0.29, 0.717) is 5.56 Å². The van der Waals surface area contributed by atoms with Crippen molar-refractivity contribution in [2.75, 3.05) is 7.05 Å². The number of rotatable bonds is 4. The summed E-state index contributed by atoms with van der Waals surface area (Å²) in [6.07, 6.45) is 0.730. The number of nitrogens with zero attached hydrogens (tertiary/aromatic N) is 1. The molecule has 1 aromatic carbocycles. The Labute approximate surface area is 107 Å². The van der Waals surface area contributed by atoms with E-state index < -0.39 is 17.0 Å². The van der Waals surface area contributed by atoms with Crippen molar-refractivity contribution >= 4 is 5.91 Å². The molecule has 0 aliphatic carbocycles. The fraction of sp³-hybridized carbons (Fsp3) is 0.500. The van der Waals surface area contributed by atoms with Gasteiger partial charge in [-0.1, -0.05) is 26.8 Å². The van der Waals surface area contributed by atoms with E-state index in [9.17, 15) is 13.6 Å². The summed E-state index contributed by atoms with van der Waals surface area (Å²) in [5.74, 6) is -1.76. The van der Waals surface area contributed by atoms with Crippen molar-refractivity contribution in [1.82, 2.24) is 4.90 Å². The third-order valence-electron chi connectivity index (χ3n) is 3.21. The Balaban J connectivity index is 2.78. The minimum absolute atomic E-state index is 0.00488. The van der Waals surface area contributed by atoms with Crippen molar-refractivity contribution in [2.24, 2.45) is 5.41 Å². The summed E-state index contributed by atoms with van der Waals surface area (Å²) in [7, 11) is 1.67. The highest BCUT2D eigenvalue weighted by atomic mass is 19.2. The van der Waals surface area contributed by atoms with E-state index in [0.717, 1.165) is 18.6 Å². The summed E-state index contributed by atoms with van der Waals surface area (Å²) in [5, 5.41) is 0. The molecule has 0 fully saturated rings. The first-order chi connectivity index (χ1) is 8.27. The Morgan fingerprint density at radius 1 is 1.28 bits per heavy atom. The molecule has 0 aliphatic heterocycles. The Morgan fingerprint density at radius 2 is 1.89 bits per heavy atom. The predicted molar refractivity (Wildman–Crippen MR) is 66.9 cm³/mol. The van der Waals surface area contributed by atoms with Crippen LogP contribution in [0.3, 0.4) is 0 Å². The van der Waals surface area contributed by atoms with Gasteiger partial charge in [0.1, 0.15) is 0 Å². The summed E-state index contributed by atoms with van der Waals surface area (Å²) in [6.45, 7) is 5.97. The van der Waals surface area contributed by atoms with E-state index in [1.807, 2.05) is 20.8 Å². The van der Waals surface area contributed by atoms with Crippen molar-refractivity contribution in [1.29, 1.82) is 0 Å².